The number of pyridine rings is 1. The van der Waals surface area contributed by atoms with Crippen LogP contribution < -0.4 is 0 Å². The summed E-state index contributed by atoms with van der Waals surface area (Å²) in [7, 11) is 2.74. The topological polar surface area (TPSA) is 67.3 Å². The number of epoxide rings is 1. The van der Waals surface area contributed by atoms with Gasteiger partial charge in [0.25, 0.3) is 5.79 Å². The molecule has 0 saturated carbocycles. The molecule has 1 aromatic heterocycles. The van der Waals surface area contributed by atoms with Crippen LogP contribution in [0.15, 0.2) is 35.6 Å². The SMILES string of the molecule is COC12OC1(c1ccc(C(F)(F)F)c3ncccc13)C=NN(C)C2=O. The number of hydrazone groups is 1. The van der Waals surface area contributed by atoms with Crippen LogP contribution in [0.2, 0.25) is 0 Å². The Morgan fingerprint density at radius 1 is 1.28 bits per heavy atom. The van der Waals surface area contributed by atoms with E-state index in [0.29, 0.717) is 5.56 Å². The first-order valence-corrected chi connectivity index (χ1v) is 7.31. The highest BCUT2D eigenvalue weighted by molar-refractivity contribution is 6.02. The fraction of sp³-hybridized carbons (Fsp3) is 0.312. The van der Waals surface area contributed by atoms with Crippen molar-refractivity contribution >= 4 is 23.0 Å². The number of ether oxygens (including phenoxy) is 2. The number of aromatic nitrogens is 1. The summed E-state index contributed by atoms with van der Waals surface area (Å²) in [5.74, 6) is -2.17. The average Bonchev–Trinajstić information content (AvgIpc) is 3.28. The normalized spacial score (nSPS) is 28.4. The van der Waals surface area contributed by atoms with E-state index in [-0.39, 0.29) is 10.9 Å². The van der Waals surface area contributed by atoms with Gasteiger partial charge in [-0.25, -0.2) is 5.01 Å². The first-order valence-electron chi connectivity index (χ1n) is 7.31. The highest BCUT2D eigenvalue weighted by atomic mass is 19.4. The van der Waals surface area contributed by atoms with Crippen molar-refractivity contribution in [1.29, 1.82) is 0 Å². The summed E-state index contributed by atoms with van der Waals surface area (Å²) >= 11 is 0. The predicted octanol–water partition coefficient (Wildman–Crippen LogP) is 2.28. The van der Waals surface area contributed by atoms with Crippen LogP contribution in [0.1, 0.15) is 11.1 Å². The Labute approximate surface area is 139 Å². The maximum Gasteiger partial charge on any atom is 0.418 e. The van der Waals surface area contributed by atoms with Gasteiger partial charge in [-0.3, -0.25) is 9.78 Å². The molecule has 1 aromatic carbocycles. The van der Waals surface area contributed by atoms with Crippen molar-refractivity contribution in [3.8, 4) is 0 Å². The second-order valence-electron chi connectivity index (χ2n) is 5.79. The maximum absolute atomic E-state index is 13.3. The lowest BCUT2D eigenvalue weighted by atomic mass is 9.88. The number of amides is 1. The Morgan fingerprint density at radius 3 is 2.72 bits per heavy atom. The number of nitrogens with zero attached hydrogens (tertiary/aromatic N) is 3. The average molecular weight is 351 g/mol. The van der Waals surface area contributed by atoms with Crippen LogP contribution in [-0.2, 0) is 26.0 Å². The highest BCUT2D eigenvalue weighted by Gasteiger charge is 2.79. The minimum Gasteiger partial charge on any atom is -0.343 e. The third-order valence-electron chi connectivity index (χ3n) is 4.50. The van der Waals surface area contributed by atoms with Crippen molar-refractivity contribution in [3.05, 3.63) is 41.6 Å². The van der Waals surface area contributed by atoms with Gasteiger partial charge in [-0.15, -0.1) is 0 Å². The van der Waals surface area contributed by atoms with Gasteiger partial charge in [0.1, 0.15) is 0 Å². The summed E-state index contributed by atoms with van der Waals surface area (Å²) in [5, 5.41) is 5.26. The van der Waals surface area contributed by atoms with Gasteiger partial charge in [-0.05, 0) is 12.1 Å². The molecule has 1 saturated heterocycles. The first-order chi connectivity index (χ1) is 11.8. The van der Waals surface area contributed by atoms with E-state index >= 15 is 0 Å². The van der Waals surface area contributed by atoms with Gasteiger partial charge in [-0.1, -0.05) is 12.1 Å². The second kappa shape index (κ2) is 4.77. The summed E-state index contributed by atoms with van der Waals surface area (Å²) < 4.78 is 50.7. The summed E-state index contributed by atoms with van der Waals surface area (Å²) in [6, 6.07) is 5.23. The molecule has 1 amide bonds. The quantitative estimate of drug-likeness (QED) is 0.779. The zero-order chi connectivity index (χ0) is 18.0. The van der Waals surface area contributed by atoms with E-state index in [4.69, 9.17) is 9.47 Å². The smallest absolute Gasteiger partial charge is 0.343 e. The fourth-order valence-electron chi connectivity index (χ4n) is 3.26. The van der Waals surface area contributed by atoms with Crippen molar-refractivity contribution in [2.75, 3.05) is 14.2 Å². The summed E-state index contributed by atoms with van der Waals surface area (Å²) in [5.41, 5.74) is -2.11. The van der Waals surface area contributed by atoms with E-state index in [1.807, 2.05) is 0 Å². The first kappa shape index (κ1) is 16.0. The Hall–Kier alpha value is -2.52. The van der Waals surface area contributed by atoms with Crippen molar-refractivity contribution in [2.24, 2.45) is 5.10 Å². The number of likely N-dealkylation sites (N-methyl/N-ethyl adjacent to an activating group) is 1. The van der Waals surface area contributed by atoms with Crippen LogP contribution in [0.3, 0.4) is 0 Å². The molecule has 2 atom stereocenters. The molecular formula is C16H12F3N3O3. The molecule has 3 heterocycles. The van der Waals surface area contributed by atoms with Crippen LogP contribution in [0.4, 0.5) is 13.2 Å². The van der Waals surface area contributed by atoms with Crippen LogP contribution in [0, 0.1) is 0 Å². The Morgan fingerprint density at radius 2 is 2.04 bits per heavy atom. The molecule has 2 aliphatic rings. The molecule has 1 fully saturated rings. The Balaban J connectivity index is 1.99. The summed E-state index contributed by atoms with van der Waals surface area (Å²) in [6.07, 6.45) is -1.90. The largest absolute Gasteiger partial charge is 0.418 e. The molecule has 0 bridgehead atoms. The van der Waals surface area contributed by atoms with E-state index in [2.05, 4.69) is 10.1 Å². The highest BCUT2D eigenvalue weighted by Crippen LogP contribution is 2.59. The number of methoxy groups -OCH3 is 1. The molecule has 25 heavy (non-hydrogen) atoms. The third-order valence-corrected chi connectivity index (χ3v) is 4.50. The predicted molar refractivity (Wildman–Crippen MR) is 80.5 cm³/mol. The summed E-state index contributed by atoms with van der Waals surface area (Å²) in [4.78, 5) is 16.3. The molecule has 0 aliphatic carbocycles. The van der Waals surface area contributed by atoms with Crippen molar-refractivity contribution in [3.63, 3.8) is 0 Å². The van der Waals surface area contributed by atoms with E-state index in [0.717, 1.165) is 11.1 Å². The lowest BCUT2D eigenvalue weighted by Crippen LogP contribution is -2.46. The van der Waals surface area contributed by atoms with Crippen molar-refractivity contribution in [1.82, 2.24) is 9.99 Å². The molecule has 2 aliphatic heterocycles. The van der Waals surface area contributed by atoms with Gasteiger partial charge >= 0.3 is 12.1 Å². The zero-order valence-electron chi connectivity index (χ0n) is 13.2. The molecule has 0 N–H and O–H groups in total. The lowest BCUT2D eigenvalue weighted by molar-refractivity contribution is -0.153. The number of rotatable bonds is 2. The van der Waals surface area contributed by atoms with E-state index in [1.165, 1.54) is 44.8 Å². The van der Waals surface area contributed by atoms with Crippen LogP contribution in [-0.4, -0.2) is 42.1 Å². The Kier molecular flexibility index (Phi) is 3.05. The van der Waals surface area contributed by atoms with Gasteiger partial charge in [0.15, 0.2) is 5.60 Å². The van der Waals surface area contributed by atoms with E-state index in [1.54, 1.807) is 0 Å². The van der Waals surface area contributed by atoms with Gasteiger partial charge in [0.05, 0.1) is 17.3 Å². The molecule has 0 spiro atoms. The van der Waals surface area contributed by atoms with E-state index < -0.39 is 29.0 Å². The second-order valence-corrected chi connectivity index (χ2v) is 5.79. The minimum atomic E-state index is -4.55. The third kappa shape index (κ3) is 1.90. The number of halogens is 3. The van der Waals surface area contributed by atoms with Crippen LogP contribution in [0.25, 0.3) is 10.9 Å². The monoisotopic (exact) mass is 351 g/mol. The molecule has 4 rings (SSSR count). The fourth-order valence-corrected chi connectivity index (χ4v) is 3.26. The van der Waals surface area contributed by atoms with Gasteiger partial charge in [0.2, 0.25) is 0 Å². The molecular weight excluding hydrogens is 339 g/mol. The minimum absolute atomic E-state index is 0.220. The maximum atomic E-state index is 13.3. The standard InChI is InChI=1S/C16H12F3N3O3/c1-22-13(23)15(24-2)14(25-15,8-21-22)10-5-6-11(16(17,18)19)12-9(10)4-3-7-20-12/h3-8H,1-2H3. The number of hydrogen-bond donors (Lipinski definition) is 0. The number of hydrogen-bond acceptors (Lipinski definition) is 5. The Bertz CT molecular complexity index is 930. The number of fused-ring (bicyclic) bond motifs is 2. The van der Waals surface area contributed by atoms with E-state index in [9.17, 15) is 18.0 Å². The van der Waals surface area contributed by atoms with Crippen molar-refractivity contribution in [2.45, 2.75) is 17.6 Å². The van der Waals surface area contributed by atoms with Gasteiger partial charge in [0, 0.05) is 31.3 Å². The van der Waals surface area contributed by atoms with Gasteiger partial charge in [-0.2, -0.15) is 18.3 Å². The number of benzene rings is 1. The molecule has 6 nitrogen and oxygen atoms in total. The number of carbonyl (C=O) groups is 1. The number of carbonyl (C=O) groups excluding carboxylic acids is 1. The molecule has 9 heteroatoms. The van der Waals surface area contributed by atoms with Crippen molar-refractivity contribution < 1.29 is 27.4 Å². The lowest BCUT2D eigenvalue weighted by Gasteiger charge is -2.24. The van der Waals surface area contributed by atoms with Crippen LogP contribution >= 0.6 is 0 Å². The molecule has 130 valence electrons. The molecule has 2 unspecified atom stereocenters. The van der Waals surface area contributed by atoms with Crippen LogP contribution in [0.5, 0.6) is 0 Å². The van der Waals surface area contributed by atoms with Gasteiger partial charge < -0.3 is 9.47 Å². The number of alkyl halides is 3. The molecule has 2 aromatic rings. The summed E-state index contributed by atoms with van der Waals surface area (Å²) in [6.45, 7) is 0. The zero-order valence-corrected chi connectivity index (χ0v) is 13.2. The molecule has 0 radical (unpaired) electrons.